The third-order valence-electron chi connectivity index (χ3n) is 2.44. The molecule has 0 aromatic heterocycles. The second-order valence-corrected chi connectivity index (χ2v) is 3.83. The molecular formula is C9H17ClN2O. The summed E-state index contributed by atoms with van der Waals surface area (Å²) in [6.45, 7) is 2.22. The van der Waals surface area contributed by atoms with E-state index in [0.717, 1.165) is 25.1 Å². The standard InChI is InChI=1S/C9H17ClN2O/c1-3-4-5-8-11-9(10)7(6-13)12(8)2/h7,9,13H,3-6H2,1-2H3. The summed E-state index contributed by atoms with van der Waals surface area (Å²) in [5.74, 6) is 1.03. The molecule has 1 aliphatic rings. The summed E-state index contributed by atoms with van der Waals surface area (Å²) in [5.41, 5.74) is -0.276. The number of nitrogens with zero attached hydrogens (tertiary/aromatic N) is 2. The van der Waals surface area contributed by atoms with Crippen molar-refractivity contribution in [2.45, 2.75) is 37.7 Å². The van der Waals surface area contributed by atoms with Crippen molar-refractivity contribution in [1.82, 2.24) is 4.90 Å². The van der Waals surface area contributed by atoms with Crippen LogP contribution in [0.2, 0.25) is 0 Å². The minimum atomic E-state index is -0.276. The molecule has 0 bridgehead atoms. The Labute approximate surface area is 84.4 Å². The van der Waals surface area contributed by atoms with Gasteiger partial charge in [-0.3, -0.25) is 4.99 Å². The maximum Gasteiger partial charge on any atom is 0.148 e. The van der Waals surface area contributed by atoms with Crippen molar-refractivity contribution in [3.8, 4) is 0 Å². The first-order valence-corrected chi connectivity index (χ1v) is 5.18. The Hall–Kier alpha value is -0.280. The summed E-state index contributed by atoms with van der Waals surface area (Å²) in [7, 11) is 1.94. The van der Waals surface area contributed by atoms with Crippen LogP contribution >= 0.6 is 11.6 Å². The number of likely N-dealkylation sites (N-methyl/N-ethyl adjacent to an activating group) is 1. The van der Waals surface area contributed by atoms with Crippen LogP contribution in [0.25, 0.3) is 0 Å². The van der Waals surface area contributed by atoms with Gasteiger partial charge in [0.25, 0.3) is 0 Å². The first kappa shape index (κ1) is 10.8. The summed E-state index contributed by atoms with van der Waals surface area (Å²) < 4.78 is 0. The van der Waals surface area contributed by atoms with Crippen LogP contribution in [0.3, 0.4) is 0 Å². The third kappa shape index (κ3) is 2.35. The fraction of sp³-hybridized carbons (Fsp3) is 0.889. The van der Waals surface area contributed by atoms with E-state index in [9.17, 15) is 0 Å². The van der Waals surface area contributed by atoms with E-state index >= 15 is 0 Å². The molecule has 0 aromatic rings. The Morgan fingerprint density at radius 2 is 2.31 bits per heavy atom. The van der Waals surface area contributed by atoms with E-state index in [1.807, 2.05) is 11.9 Å². The minimum Gasteiger partial charge on any atom is -0.394 e. The van der Waals surface area contributed by atoms with Crippen molar-refractivity contribution in [2.75, 3.05) is 13.7 Å². The van der Waals surface area contributed by atoms with Gasteiger partial charge in [-0.25, -0.2) is 0 Å². The zero-order valence-electron chi connectivity index (χ0n) is 8.20. The van der Waals surface area contributed by atoms with Gasteiger partial charge in [0.15, 0.2) is 0 Å². The molecule has 3 nitrogen and oxygen atoms in total. The van der Waals surface area contributed by atoms with Crippen molar-refractivity contribution < 1.29 is 5.11 Å². The summed E-state index contributed by atoms with van der Waals surface area (Å²) in [6, 6.07) is -0.0338. The number of aliphatic imine (C=N–C) groups is 1. The largest absolute Gasteiger partial charge is 0.394 e. The van der Waals surface area contributed by atoms with E-state index < -0.39 is 0 Å². The Morgan fingerprint density at radius 3 is 2.77 bits per heavy atom. The van der Waals surface area contributed by atoms with Gasteiger partial charge in [-0.2, -0.15) is 0 Å². The first-order valence-electron chi connectivity index (χ1n) is 4.75. The van der Waals surface area contributed by atoms with Crippen LogP contribution in [0.5, 0.6) is 0 Å². The van der Waals surface area contributed by atoms with E-state index in [1.54, 1.807) is 0 Å². The highest BCUT2D eigenvalue weighted by Gasteiger charge is 2.30. The molecule has 2 atom stereocenters. The van der Waals surface area contributed by atoms with Crippen LogP contribution in [0.1, 0.15) is 26.2 Å². The number of amidine groups is 1. The number of aliphatic hydroxyl groups is 1. The highest BCUT2D eigenvalue weighted by atomic mass is 35.5. The predicted molar refractivity (Wildman–Crippen MR) is 55.2 cm³/mol. The van der Waals surface area contributed by atoms with Crippen molar-refractivity contribution >= 4 is 17.4 Å². The van der Waals surface area contributed by atoms with Gasteiger partial charge >= 0.3 is 0 Å². The molecule has 1 aliphatic heterocycles. The molecule has 0 fully saturated rings. The lowest BCUT2D eigenvalue weighted by molar-refractivity contribution is 0.204. The summed E-state index contributed by atoms with van der Waals surface area (Å²) in [4.78, 5) is 6.30. The molecule has 0 aromatic carbocycles. The number of halogens is 1. The average molecular weight is 205 g/mol. The van der Waals surface area contributed by atoms with Gasteiger partial charge in [0, 0.05) is 13.5 Å². The van der Waals surface area contributed by atoms with Gasteiger partial charge in [-0.05, 0) is 6.42 Å². The van der Waals surface area contributed by atoms with Gasteiger partial charge in [-0.1, -0.05) is 24.9 Å². The van der Waals surface area contributed by atoms with Gasteiger partial charge in [0.1, 0.15) is 11.3 Å². The van der Waals surface area contributed by atoms with Crippen molar-refractivity contribution in [1.29, 1.82) is 0 Å². The van der Waals surface area contributed by atoms with Crippen LogP contribution in [0.15, 0.2) is 4.99 Å². The summed E-state index contributed by atoms with van der Waals surface area (Å²) in [6.07, 6.45) is 3.25. The molecule has 1 heterocycles. The molecule has 1 rings (SSSR count). The molecule has 0 saturated heterocycles. The SMILES string of the molecule is CCCCC1=NC(Cl)C(CO)N1C. The van der Waals surface area contributed by atoms with Crippen LogP contribution in [-0.4, -0.2) is 41.0 Å². The summed E-state index contributed by atoms with van der Waals surface area (Å²) >= 11 is 5.96. The zero-order valence-corrected chi connectivity index (χ0v) is 8.96. The van der Waals surface area contributed by atoms with E-state index in [-0.39, 0.29) is 18.1 Å². The normalized spacial score (nSPS) is 28.0. The Kier molecular flexibility index (Phi) is 4.00. The van der Waals surface area contributed by atoms with Crippen molar-refractivity contribution in [2.24, 2.45) is 4.99 Å². The lowest BCUT2D eigenvalue weighted by Crippen LogP contribution is -2.37. The van der Waals surface area contributed by atoms with Gasteiger partial charge in [0.2, 0.25) is 0 Å². The summed E-state index contributed by atoms with van der Waals surface area (Å²) in [5, 5.41) is 9.05. The highest BCUT2D eigenvalue weighted by molar-refractivity contribution is 6.22. The Bertz CT molecular complexity index is 196. The predicted octanol–water partition coefficient (Wildman–Crippen LogP) is 1.45. The van der Waals surface area contributed by atoms with Crippen LogP contribution in [-0.2, 0) is 0 Å². The molecule has 13 heavy (non-hydrogen) atoms. The fourth-order valence-corrected chi connectivity index (χ4v) is 1.84. The van der Waals surface area contributed by atoms with Gasteiger partial charge < -0.3 is 10.0 Å². The number of rotatable bonds is 4. The lowest BCUT2D eigenvalue weighted by atomic mass is 10.2. The quantitative estimate of drug-likeness (QED) is 0.556. The smallest absolute Gasteiger partial charge is 0.148 e. The Balaban J connectivity index is 2.52. The number of hydrogen-bond donors (Lipinski definition) is 1. The van der Waals surface area contributed by atoms with Gasteiger partial charge in [0.05, 0.1) is 12.6 Å². The Morgan fingerprint density at radius 1 is 1.62 bits per heavy atom. The monoisotopic (exact) mass is 204 g/mol. The number of unbranched alkanes of at least 4 members (excludes halogenated alkanes) is 1. The molecule has 1 N–H and O–H groups in total. The fourth-order valence-electron chi connectivity index (χ4n) is 1.48. The van der Waals surface area contributed by atoms with Crippen LogP contribution < -0.4 is 0 Å². The molecular weight excluding hydrogens is 188 g/mol. The molecule has 0 spiro atoms. The maximum atomic E-state index is 9.05. The number of hydrogen-bond acceptors (Lipinski definition) is 3. The molecule has 0 radical (unpaired) electrons. The topological polar surface area (TPSA) is 35.8 Å². The molecule has 4 heteroatoms. The molecule has 0 aliphatic carbocycles. The van der Waals surface area contributed by atoms with Gasteiger partial charge in [-0.15, -0.1) is 0 Å². The highest BCUT2D eigenvalue weighted by Crippen LogP contribution is 2.21. The van der Waals surface area contributed by atoms with E-state index in [1.165, 1.54) is 0 Å². The molecule has 0 amide bonds. The van der Waals surface area contributed by atoms with E-state index in [2.05, 4.69) is 11.9 Å². The third-order valence-corrected chi connectivity index (χ3v) is 2.82. The van der Waals surface area contributed by atoms with Crippen molar-refractivity contribution in [3.63, 3.8) is 0 Å². The molecule has 76 valence electrons. The second kappa shape index (κ2) is 4.82. The number of aliphatic hydroxyl groups excluding tert-OH is 1. The van der Waals surface area contributed by atoms with Crippen LogP contribution in [0, 0.1) is 0 Å². The average Bonchev–Trinajstić information content (AvgIpc) is 2.38. The van der Waals surface area contributed by atoms with Crippen LogP contribution in [0.4, 0.5) is 0 Å². The second-order valence-electron chi connectivity index (χ2n) is 3.38. The maximum absolute atomic E-state index is 9.05. The van der Waals surface area contributed by atoms with E-state index in [0.29, 0.717) is 0 Å². The lowest BCUT2D eigenvalue weighted by Gasteiger charge is -2.22. The molecule has 2 unspecified atom stereocenters. The first-order chi connectivity index (χ1) is 6.20. The minimum absolute atomic E-state index is 0.0338. The van der Waals surface area contributed by atoms with E-state index in [4.69, 9.17) is 16.7 Å². The number of alkyl halides is 1. The molecule has 0 saturated carbocycles. The zero-order chi connectivity index (χ0) is 9.84. The van der Waals surface area contributed by atoms with Crippen molar-refractivity contribution in [3.05, 3.63) is 0 Å².